The van der Waals surface area contributed by atoms with Crippen LogP contribution in [-0.4, -0.2) is 127 Å². The highest BCUT2D eigenvalue weighted by Crippen LogP contribution is 2.22. The molecule has 3 amide bonds. The van der Waals surface area contributed by atoms with Gasteiger partial charge in [0.25, 0.3) is 0 Å². The van der Waals surface area contributed by atoms with Crippen LogP contribution in [0.5, 0.6) is 0 Å². The third-order valence-electron chi connectivity index (χ3n) is 12.7. The van der Waals surface area contributed by atoms with Gasteiger partial charge in [-0.25, -0.2) is 4.79 Å². The molecular weight excluding hydrogens is 997 g/mol. The lowest BCUT2D eigenvalue weighted by molar-refractivity contribution is -0.142. The maximum Gasteiger partial charge on any atom is 0.326 e. The van der Waals surface area contributed by atoms with E-state index in [1.54, 1.807) is 0 Å². The lowest BCUT2D eigenvalue weighted by Crippen LogP contribution is -2.47. The van der Waals surface area contributed by atoms with Crippen molar-refractivity contribution in [2.45, 2.75) is 240 Å². The van der Waals surface area contributed by atoms with Crippen molar-refractivity contribution in [3.05, 3.63) is 11.9 Å². The summed E-state index contributed by atoms with van der Waals surface area (Å²) in [6, 6.07) is -1.90. The third-order valence-corrected chi connectivity index (χ3v) is 12.7. The Morgan fingerprint density at radius 1 is 0.573 bits per heavy atom. The molecule has 17 nitrogen and oxygen atoms in total. The van der Waals surface area contributed by atoms with Crippen LogP contribution < -0.4 is 16.0 Å². The Balaban J connectivity index is 0. The number of carboxylic acid groups (broad SMARTS) is 1. The van der Waals surface area contributed by atoms with Crippen molar-refractivity contribution in [1.82, 2.24) is 30.9 Å². The fourth-order valence-electron chi connectivity index (χ4n) is 8.04. The molecule has 1 aromatic heterocycles. The number of carbonyl (C=O) groups excluding carboxylic acids is 5. The molecule has 0 aliphatic carbocycles. The lowest BCUT2D eigenvalue weighted by Gasteiger charge is -2.18. The van der Waals surface area contributed by atoms with Crippen LogP contribution in [0.3, 0.4) is 0 Å². The first-order chi connectivity index (χ1) is 34.9. The number of Topliss-reactive ketones (excluding diaryl/α,β-unsaturated/α-hetero) is 2. The van der Waals surface area contributed by atoms with E-state index in [1.807, 2.05) is 31.6 Å². The summed E-state index contributed by atoms with van der Waals surface area (Å²) in [7, 11) is 0. The Morgan fingerprint density at radius 3 is 1.64 bits per heavy atom. The summed E-state index contributed by atoms with van der Waals surface area (Å²) >= 11 is 0. The average molecular weight is 1100 g/mol. The van der Waals surface area contributed by atoms with Gasteiger partial charge in [-0.05, 0) is 43.9 Å². The Labute approximate surface area is 466 Å². The van der Waals surface area contributed by atoms with Gasteiger partial charge in [0.2, 0.25) is 17.7 Å². The predicted molar refractivity (Wildman–Crippen MR) is 307 cm³/mol. The monoisotopic (exact) mass is 1100 g/mol. The molecule has 4 N–H and O–H groups in total. The molecule has 2 atom stereocenters. The summed E-state index contributed by atoms with van der Waals surface area (Å²) in [5.74, 6) is -1.97. The number of hydrogen-bond donors (Lipinski definition) is 4. The van der Waals surface area contributed by atoms with Gasteiger partial charge in [-0.3, -0.25) is 28.7 Å². The number of amides is 3. The first-order valence-electron chi connectivity index (χ1n) is 28.3. The van der Waals surface area contributed by atoms with Crippen molar-refractivity contribution in [2.24, 2.45) is 10.8 Å². The molecule has 19 heteroatoms. The molecule has 0 saturated heterocycles. The zero-order chi connectivity index (χ0) is 54.0. The van der Waals surface area contributed by atoms with Crippen LogP contribution in [0.1, 0.15) is 221 Å². The number of aryl methyl sites for hydroxylation is 2. The van der Waals surface area contributed by atoms with E-state index < -0.39 is 18.1 Å². The minimum Gasteiger partial charge on any atom is -0.480 e. The van der Waals surface area contributed by atoms with E-state index in [9.17, 15) is 33.9 Å². The Bertz CT molecular complexity index is 1640. The molecule has 0 fully saturated rings. The first-order valence-corrected chi connectivity index (χ1v) is 28.3. The zero-order valence-electron chi connectivity index (χ0n) is 47.8. The van der Waals surface area contributed by atoms with Gasteiger partial charge < -0.3 is 40.0 Å². The number of rotatable bonds is 49. The van der Waals surface area contributed by atoms with Gasteiger partial charge in [0.15, 0.2) is 0 Å². The molecule has 1 aromatic rings. The molecule has 1 heterocycles. The van der Waals surface area contributed by atoms with E-state index in [2.05, 4.69) is 54.0 Å². The minimum atomic E-state index is -1.15. The van der Waals surface area contributed by atoms with Gasteiger partial charge in [-0.2, -0.15) is 27.0 Å². The molecule has 0 radical (unpaired) electrons. The number of ketones is 2. The van der Waals surface area contributed by atoms with Gasteiger partial charge in [-0.1, -0.05) is 150 Å². The second kappa shape index (κ2) is 46.9. The van der Waals surface area contributed by atoms with Crippen molar-refractivity contribution in [3.8, 4) is 0 Å². The number of unbranched alkanes of at least 4 members (excludes halogenated alkanes) is 15. The van der Waals surface area contributed by atoms with Crippen molar-refractivity contribution in [1.29, 1.82) is 0 Å². The topological polar surface area (TPSA) is 226 Å². The van der Waals surface area contributed by atoms with Gasteiger partial charge in [0.05, 0.1) is 58.5 Å². The summed E-state index contributed by atoms with van der Waals surface area (Å²) in [5, 5.41) is 26.6. The largest absolute Gasteiger partial charge is 0.480 e. The molecule has 0 spiro atoms. The summed E-state index contributed by atoms with van der Waals surface area (Å²) in [5.41, 5.74) is 0.628. The maximum absolute atomic E-state index is 13.4. The number of nitrogens with zero attached hydrogens (tertiary/aromatic N) is 3. The SMILES string of the molecule is CCCCCCCCCCCCCCCC(=O)N[C@@H](CCC(=O)CCCCC[C@H](NC(=O)CCc1cn(CCCCC(C)(C)C)nn1)C(=O)NCCOCCOCCOCCOCCC(=O)C(C)(C)C)C(=O)O.S.S. The molecule has 0 saturated carbocycles. The third kappa shape index (κ3) is 44.6. The number of ether oxygens (including phenoxy) is 4. The van der Waals surface area contributed by atoms with Crippen molar-refractivity contribution < 1.29 is 52.8 Å². The summed E-state index contributed by atoms with van der Waals surface area (Å²) < 4.78 is 24.0. The number of nitrogens with one attached hydrogen (secondary N) is 3. The molecule has 438 valence electrons. The molecule has 0 bridgehead atoms. The van der Waals surface area contributed by atoms with E-state index >= 15 is 0 Å². The smallest absolute Gasteiger partial charge is 0.326 e. The van der Waals surface area contributed by atoms with Crippen LogP contribution in [0.2, 0.25) is 0 Å². The summed E-state index contributed by atoms with van der Waals surface area (Å²) in [4.78, 5) is 75.7. The van der Waals surface area contributed by atoms with E-state index in [4.69, 9.17) is 18.9 Å². The van der Waals surface area contributed by atoms with Gasteiger partial charge in [0, 0.05) is 63.2 Å². The molecule has 0 aromatic carbocycles. The van der Waals surface area contributed by atoms with Crippen LogP contribution in [0.4, 0.5) is 0 Å². The van der Waals surface area contributed by atoms with Crippen LogP contribution in [-0.2, 0) is 60.7 Å². The van der Waals surface area contributed by atoms with Gasteiger partial charge >= 0.3 is 5.97 Å². The van der Waals surface area contributed by atoms with Crippen LogP contribution >= 0.6 is 27.0 Å². The van der Waals surface area contributed by atoms with Crippen LogP contribution in [0, 0.1) is 10.8 Å². The fraction of sp³-hybridized carbons (Fsp3) is 0.857. The zero-order valence-corrected chi connectivity index (χ0v) is 49.8. The number of hydrogen-bond acceptors (Lipinski definition) is 12. The predicted octanol–water partition coefficient (Wildman–Crippen LogP) is 9.68. The van der Waals surface area contributed by atoms with Crippen LogP contribution in [0.15, 0.2) is 6.20 Å². The molecule has 0 unspecified atom stereocenters. The van der Waals surface area contributed by atoms with Crippen molar-refractivity contribution in [3.63, 3.8) is 0 Å². The maximum atomic E-state index is 13.4. The average Bonchev–Trinajstić information content (AvgIpc) is 3.80. The van der Waals surface area contributed by atoms with Crippen LogP contribution in [0.25, 0.3) is 0 Å². The van der Waals surface area contributed by atoms with E-state index in [-0.39, 0.29) is 112 Å². The van der Waals surface area contributed by atoms with Gasteiger partial charge in [0.1, 0.15) is 23.7 Å². The summed E-state index contributed by atoms with van der Waals surface area (Å²) in [6.07, 6.45) is 24.3. The molecular formula is C56H106N6O11S2. The Hall–Kier alpha value is -3.10. The highest BCUT2D eigenvalue weighted by Gasteiger charge is 2.23. The molecule has 75 heavy (non-hydrogen) atoms. The Kier molecular flexibility index (Phi) is 46.3. The number of carbonyl (C=O) groups is 6. The number of carboxylic acids is 1. The summed E-state index contributed by atoms with van der Waals surface area (Å²) in [6.45, 7) is 18.5. The quantitative estimate of drug-likeness (QED) is 0.0446. The molecule has 1 rings (SSSR count). The second-order valence-corrected chi connectivity index (χ2v) is 21.9. The highest BCUT2D eigenvalue weighted by molar-refractivity contribution is 7.59. The number of aromatic nitrogens is 3. The fourth-order valence-corrected chi connectivity index (χ4v) is 8.04. The van der Waals surface area contributed by atoms with Crippen molar-refractivity contribution in [2.75, 3.05) is 59.4 Å². The van der Waals surface area contributed by atoms with E-state index in [0.717, 1.165) is 45.1 Å². The van der Waals surface area contributed by atoms with Crippen molar-refractivity contribution >= 4 is 62.2 Å². The van der Waals surface area contributed by atoms with E-state index in [1.165, 1.54) is 57.8 Å². The second-order valence-electron chi connectivity index (χ2n) is 21.9. The standard InChI is InChI=1S/C56H102N6O11.2H2S/c1-8-9-10-11-12-13-14-15-16-17-18-19-23-28-51(65)59-49(54(68)69)31-30-47(63)26-21-20-22-27-48(58-52(66)32-29-46-45-62(61-60-46)36-25-24-34-55(2,3)4)53(67)57-35-38-71-40-42-73-44-43-72-41-39-70-37-33-50(64)56(5,6)7;;/h45,48-49H,8-44H2,1-7H3,(H,57,67)(H,58,66)(H,59,65)(H,68,69);2*1H2/t48-,49-;;/m0../s1. The minimum absolute atomic E-state index is 0. The lowest BCUT2D eigenvalue weighted by atomic mass is 9.89. The molecule has 0 aliphatic rings. The molecule has 0 aliphatic heterocycles. The van der Waals surface area contributed by atoms with E-state index in [0.29, 0.717) is 96.9 Å². The normalized spacial score (nSPS) is 12.3. The van der Waals surface area contributed by atoms with Gasteiger partial charge in [-0.15, -0.1) is 5.10 Å². The first kappa shape index (κ1) is 74.0. The highest BCUT2D eigenvalue weighted by atomic mass is 32.1. The number of aliphatic carboxylic acids is 1. The Morgan fingerprint density at radius 2 is 1.08 bits per heavy atom.